The summed E-state index contributed by atoms with van der Waals surface area (Å²) in [5.74, 6) is 0.918. The number of carbonyl (C=O) groups is 1. The van der Waals surface area contributed by atoms with Gasteiger partial charge in [0.15, 0.2) is 0 Å². The Morgan fingerprint density at radius 2 is 1.75 bits per heavy atom. The van der Waals surface area contributed by atoms with Gasteiger partial charge in [-0.3, -0.25) is 4.79 Å². The zero-order chi connectivity index (χ0) is 19.5. The van der Waals surface area contributed by atoms with Crippen molar-refractivity contribution in [3.05, 3.63) is 46.3 Å². The van der Waals surface area contributed by atoms with Crippen molar-refractivity contribution in [2.45, 2.75) is 51.9 Å². The fourth-order valence-corrected chi connectivity index (χ4v) is 5.77. The molecule has 2 saturated heterocycles. The van der Waals surface area contributed by atoms with Gasteiger partial charge in [-0.15, -0.1) is 11.3 Å². The fraction of sp³-hybridized carbons (Fsp3) is 0.542. The van der Waals surface area contributed by atoms with E-state index in [1.165, 1.54) is 54.9 Å². The van der Waals surface area contributed by atoms with Gasteiger partial charge in [-0.05, 0) is 87.3 Å². The van der Waals surface area contributed by atoms with Crippen LogP contribution in [0.2, 0.25) is 0 Å². The van der Waals surface area contributed by atoms with E-state index in [1.807, 2.05) is 4.90 Å². The summed E-state index contributed by atoms with van der Waals surface area (Å²) in [6, 6.07) is 11.3. The number of thiophene rings is 1. The van der Waals surface area contributed by atoms with Crippen molar-refractivity contribution in [1.82, 2.24) is 9.80 Å². The van der Waals surface area contributed by atoms with E-state index in [2.05, 4.69) is 49.1 Å². The molecule has 3 nitrogen and oxygen atoms in total. The van der Waals surface area contributed by atoms with E-state index in [0.717, 1.165) is 36.4 Å². The Morgan fingerprint density at radius 1 is 1.07 bits per heavy atom. The summed E-state index contributed by atoms with van der Waals surface area (Å²) in [5.41, 5.74) is 3.83. The highest BCUT2D eigenvalue weighted by molar-refractivity contribution is 7.17. The quantitative estimate of drug-likeness (QED) is 0.661. The van der Waals surface area contributed by atoms with Crippen LogP contribution in [0.5, 0.6) is 0 Å². The third kappa shape index (κ3) is 4.18. The lowest BCUT2D eigenvalue weighted by atomic mass is 9.89. The topological polar surface area (TPSA) is 23.6 Å². The van der Waals surface area contributed by atoms with Crippen LogP contribution in [0.1, 0.15) is 65.7 Å². The molecular formula is C24H32N2OS. The largest absolute Gasteiger partial charge is 0.338 e. The molecule has 0 N–H and O–H groups in total. The molecule has 0 bridgehead atoms. The molecule has 0 saturated carbocycles. The molecule has 2 aliphatic heterocycles. The van der Waals surface area contributed by atoms with Crippen LogP contribution in [0.4, 0.5) is 0 Å². The zero-order valence-corrected chi connectivity index (χ0v) is 18.1. The molecule has 1 aromatic carbocycles. The number of aryl methyl sites for hydroxylation is 1. The van der Waals surface area contributed by atoms with Crippen molar-refractivity contribution in [2.24, 2.45) is 0 Å². The van der Waals surface area contributed by atoms with E-state index in [1.54, 1.807) is 11.3 Å². The Balaban J connectivity index is 1.44. The molecule has 2 aliphatic rings. The van der Waals surface area contributed by atoms with Crippen LogP contribution in [-0.4, -0.2) is 48.4 Å². The smallest absolute Gasteiger partial charge is 0.264 e. The summed E-state index contributed by atoms with van der Waals surface area (Å²) < 4.78 is 0. The highest BCUT2D eigenvalue weighted by Crippen LogP contribution is 2.35. The van der Waals surface area contributed by atoms with Crippen LogP contribution in [-0.2, 0) is 0 Å². The van der Waals surface area contributed by atoms with Crippen molar-refractivity contribution in [3.63, 3.8) is 0 Å². The van der Waals surface area contributed by atoms with Gasteiger partial charge in [0, 0.05) is 18.0 Å². The number of benzene rings is 1. The van der Waals surface area contributed by atoms with Gasteiger partial charge < -0.3 is 9.80 Å². The summed E-state index contributed by atoms with van der Waals surface area (Å²) in [5, 5.41) is 0. The number of piperidine rings is 1. The van der Waals surface area contributed by atoms with Crippen molar-refractivity contribution in [1.29, 1.82) is 0 Å². The summed E-state index contributed by atoms with van der Waals surface area (Å²) in [7, 11) is 0. The molecule has 0 atom stereocenters. The summed E-state index contributed by atoms with van der Waals surface area (Å²) in [6.45, 7) is 9.86. The number of nitrogens with zero attached hydrogens (tertiary/aromatic N) is 2. The fourth-order valence-electron chi connectivity index (χ4n) is 4.63. The molecule has 0 aliphatic carbocycles. The Labute approximate surface area is 173 Å². The summed E-state index contributed by atoms with van der Waals surface area (Å²) in [6.07, 6.45) is 6.07. The minimum atomic E-state index is 0.224. The average Bonchev–Trinajstić information content (AvgIpc) is 3.39. The monoisotopic (exact) mass is 396 g/mol. The van der Waals surface area contributed by atoms with Crippen molar-refractivity contribution in [2.75, 3.05) is 32.7 Å². The van der Waals surface area contributed by atoms with Gasteiger partial charge in [-0.1, -0.05) is 31.2 Å². The first-order valence-electron chi connectivity index (χ1n) is 10.9. The van der Waals surface area contributed by atoms with Gasteiger partial charge in [0.25, 0.3) is 5.91 Å². The first kappa shape index (κ1) is 19.7. The van der Waals surface area contributed by atoms with Gasteiger partial charge in [0.2, 0.25) is 0 Å². The SMILES string of the molecule is CCCN1CCC(c2ccc(-c3cc(C)c(C(=O)N4CCCC4)s3)cc2)CC1. The zero-order valence-electron chi connectivity index (χ0n) is 17.2. The van der Waals surface area contributed by atoms with Gasteiger partial charge >= 0.3 is 0 Å². The summed E-state index contributed by atoms with van der Waals surface area (Å²) in [4.78, 5) is 19.5. The Kier molecular flexibility index (Phi) is 6.17. The van der Waals surface area contributed by atoms with E-state index in [9.17, 15) is 4.79 Å². The maximum Gasteiger partial charge on any atom is 0.264 e. The third-order valence-corrected chi connectivity index (χ3v) is 7.57. The van der Waals surface area contributed by atoms with Crippen LogP contribution in [0.25, 0.3) is 10.4 Å². The lowest BCUT2D eigenvalue weighted by Gasteiger charge is -2.32. The molecule has 0 radical (unpaired) electrons. The molecule has 4 heteroatoms. The molecule has 150 valence electrons. The third-order valence-electron chi connectivity index (χ3n) is 6.30. The number of hydrogen-bond donors (Lipinski definition) is 0. The average molecular weight is 397 g/mol. The molecule has 0 spiro atoms. The Morgan fingerprint density at radius 3 is 2.39 bits per heavy atom. The predicted octanol–water partition coefficient (Wildman–Crippen LogP) is 5.55. The van der Waals surface area contributed by atoms with E-state index < -0.39 is 0 Å². The molecular weight excluding hydrogens is 364 g/mol. The van der Waals surface area contributed by atoms with E-state index in [0.29, 0.717) is 5.92 Å². The minimum Gasteiger partial charge on any atom is -0.338 e. The first-order valence-corrected chi connectivity index (χ1v) is 11.7. The van der Waals surface area contributed by atoms with Gasteiger partial charge in [-0.2, -0.15) is 0 Å². The maximum atomic E-state index is 12.8. The number of carbonyl (C=O) groups excluding carboxylic acids is 1. The molecule has 2 fully saturated rings. The highest BCUT2D eigenvalue weighted by atomic mass is 32.1. The molecule has 4 rings (SSSR count). The first-order chi connectivity index (χ1) is 13.7. The molecule has 28 heavy (non-hydrogen) atoms. The summed E-state index contributed by atoms with van der Waals surface area (Å²) >= 11 is 1.66. The minimum absolute atomic E-state index is 0.224. The number of rotatable bonds is 5. The second-order valence-corrected chi connectivity index (χ2v) is 9.41. The second kappa shape index (κ2) is 8.79. The Bertz CT molecular complexity index is 797. The van der Waals surface area contributed by atoms with Crippen LogP contribution in [0, 0.1) is 6.92 Å². The van der Waals surface area contributed by atoms with E-state index in [-0.39, 0.29) is 5.91 Å². The molecule has 0 unspecified atom stereocenters. The normalized spacial score (nSPS) is 18.7. The lowest BCUT2D eigenvalue weighted by Crippen LogP contribution is -2.33. The number of hydrogen-bond acceptors (Lipinski definition) is 3. The highest BCUT2D eigenvalue weighted by Gasteiger charge is 2.24. The molecule has 1 amide bonds. The van der Waals surface area contributed by atoms with Crippen molar-refractivity contribution >= 4 is 17.2 Å². The van der Waals surface area contributed by atoms with Crippen LogP contribution >= 0.6 is 11.3 Å². The van der Waals surface area contributed by atoms with Crippen molar-refractivity contribution < 1.29 is 4.79 Å². The maximum absolute atomic E-state index is 12.8. The standard InChI is InChI=1S/C24H32N2OS/c1-3-12-25-15-10-20(11-16-25)19-6-8-21(9-7-19)22-17-18(2)23(28-22)24(27)26-13-4-5-14-26/h6-9,17,20H,3-5,10-16H2,1-2H3. The van der Waals surface area contributed by atoms with Crippen LogP contribution < -0.4 is 0 Å². The van der Waals surface area contributed by atoms with E-state index >= 15 is 0 Å². The van der Waals surface area contributed by atoms with Crippen LogP contribution in [0.15, 0.2) is 30.3 Å². The van der Waals surface area contributed by atoms with E-state index in [4.69, 9.17) is 0 Å². The van der Waals surface area contributed by atoms with Crippen molar-refractivity contribution in [3.8, 4) is 10.4 Å². The second-order valence-electron chi connectivity index (χ2n) is 8.36. The Hall–Kier alpha value is -1.65. The van der Waals surface area contributed by atoms with Gasteiger partial charge in [0.05, 0.1) is 4.88 Å². The molecule has 1 aromatic heterocycles. The lowest BCUT2D eigenvalue weighted by molar-refractivity contribution is 0.0797. The van der Waals surface area contributed by atoms with Crippen LogP contribution in [0.3, 0.4) is 0 Å². The molecule has 2 aromatic rings. The van der Waals surface area contributed by atoms with Gasteiger partial charge in [-0.25, -0.2) is 0 Å². The predicted molar refractivity (Wildman–Crippen MR) is 118 cm³/mol. The molecule has 3 heterocycles. The van der Waals surface area contributed by atoms with Gasteiger partial charge in [0.1, 0.15) is 0 Å². The number of amides is 1. The number of likely N-dealkylation sites (tertiary alicyclic amines) is 2.